The fraction of sp³-hybridized carbons (Fsp3) is 0.520. The number of para-hydroxylation sites is 1. The van der Waals surface area contributed by atoms with E-state index in [4.69, 9.17) is 4.74 Å². The Morgan fingerprint density at radius 2 is 1.97 bits per heavy atom. The van der Waals surface area contributed by atoms with E-state index in [1.165, 1.54) is 4.88 Å². The van der Waals surface area contributed by atoms with E-state index in [0.717, 1.165) is 24.2 Å². The Kier molecular flexibility index (Phi) is 7.82. The lowest BCUT2D eigenvalue weighted by atomic mass is 10.00. The van der Waals surface area contributed by atoms with Gasteiger partial charge in [-0.15, -0.1) is 11.3 Å². The van der Waals surface area contributed by atoms with Crippen molar-refractivity contribution < 1.29 is 14.3 Å². The molecule has 1 aliphatic heterocycles. The van der Waals surface area contributed by atoms with Gasteiger partial charge >= 0.3 is 6.03 Å². The first-order chi connectivity index (χ1) is 15.2. The second kappa shape index (κ2) is 10.4. The maximum absolute atomic E-state index is 13.5. The average molecular weight is 458 g/mol. The normalized spacial score (nSPS) is 16.8. The minimum atomic E-state index is -0.366. The average Bonchev–Trinajstić information content (AvgIpc) is 3.23. The summed E-state index contributed by atoms with van der Waals surface area (Å²) in [6.45, 7) is 10.9. The van der Waals surface area contributed by atoms with Crippen LogP contribution in [0, 0.1) is 0 Å². The van der Waals surface area contributed by atoms with Crippen molar-refractivity contribution in [3.8, 4) is 5.75 Å². The summed E-state index contributed by atoms with van der Waals surface area (Å²) < 4.78 is 6.06. The lowest BCUT2D eigenvalue weighted by Crippen LogP contribution is -2.55. The molecule has 174 valence electrons. The molecule has 6 nitrogen and oxygen atoms in total. The summed E-state index contributed by atoms with van der Waals surface area (Å²) in [5, 5.41) is 5.09. The van der Waals surface area contributed by atoms with Crippen molar-refractivity contribution in [2.75, 3.05) is 19.7 Å². The van der Waals surface area contributed by atoms with Gasteiger partial charge in [-0.25, -0.2) is 4.79 Å². The van der Waals surface area contributed by atoms with Gasteiger partial charge in [0.25, 0.3) is 0 Å². The van der Waals surface area contributed by atoms with Gasteiger partial charge in [-0.3, -0.25) is 4.79 Å². The maximum atomic E-state index is 13.5. The highest BCUT2D eigenvalue weighted by atomic mass is 32.1. The number of carbonyl (C=O) groups is 2. The van der Waals surface area contributed by atoms with Crippen LogP contribution < -0.4 is 10.1 Å². The Morgan fingerprint density at radius 1 is 1.25 bits per heavy atom. The third kappa shape index (κ3) is 6.03. The molecule has 0 saturated heterocycles. The van der Waals surface area contributed by atoms with Crippen molar-refractivity contribution in [3.05, 3.63) is 52.2 Å². The number of urea groups is 1. The molecular weight excluding hydrogens is 422 g/mol. The van der Waals surface area contributed by atoms with Gasteiger partial charge in [-0.2, -0.15) is 0 Å². The van der Waals surface area contributed by atoms with Gasteiger partial charge in [0.1, 0.15) is 18.9 Å². The zero-order valence-corrected chi connectivity index (χ0v) is 20.6. The Bertz CT molecular complexity index is 907. The molecule has 3 rings (SSSR count). The van der Waals surface area contributed by atoms with E-state index in [1.807, 2.05) is 69.9 Å². The highest BCUT2D eigenvalue weighted by Crippen LogP contribution is 2.34. The van der Waals surface area contributed by atoms with Crippen molar-refractivity contribution in [1.29, 1.82) is 0 Å². The van der Waals surface area contributed by atoms with Gasteiger partial charge in [0, 0.05) is 23.0 Å². The molecule has 3 amide bonds. The zero-order valence-electron chi connectivity index (χ0n) is 19.8. The molecule has 2 atom stereocenters. The van der Waals surface area contributed by atoms with Gasteiger partial charge in [0.15, 0.2) is 0 Å². The molecule has 0 unspecified atom stereocenters. The molecule has 7 heteroatoms. The maximum Gasteiger partial charge on any atom is 0.318 e. The molecule has 2 heterocycles. The Labute approximate surface area is 195 Å². The van der Waals surface area contributed by atoms with E-state index in [2.05, 4.69) is 16.8 Å². The van der Waals surface area contributed by atoms with Crippen LogP contribution in [-0.2, 0) is 11.2 Å². The number of rotatable bonds is 7. The molecule has 0 spiro atoms. The second-order valence-corrected chi connectivity index (χ2v) is 10.3. The smallest absolute Gasteiger partial charge is 0.318 e. The number of thiophene rings is 1. The number of amides is 3. The standard InChI is InChI=1S/C25H35N3O3S/c1-6-18(2)28(24(30)26-25(3,4)5)16-23(29)27-14-12-22-20(13-15-32-22)21(27)17-31-19-10-8-7-9-11-19/h7-11,13,15,18,21H,6,12,14,16-17H2,1-5H3,(H,26,30)/t18-,21-/m0/s1. The number of nitrogens with one attached hydrogen (secondary N) is 1. The van der Waals surface area contributed by atoms with Crippen LogP contribution in [0.1, 0.15) is 57.5 Å². The summed E-state index contributed by atoms with van der Waals surface area (Å²) in [6.07, 6.45) is 1.61. The highest BCUT2D eigenvalue weighted by Gasteiger charge is 2.34. The van der Waals surface area contributed by atoms with Crippen LogP contribution in [0.15, 0.2) is 41.8 Å². The fourth-order valence-corrected chi connectivity index (χ4v) is 4.77. The molecule has 1 N–H and O–H groups in total. The number of ether oxygens (including phenoxy) is 1. The van der Waals surface area contributed by atoms with Crippen LogP contribution in [0.4, 0.5) is 4.79 Å². The van der Waals surface area contributed by atoms with Gasteiger partial charge < -0.3 is 19.9 Å². The predicted octanol–water partition coefficient (Wildman–Crippen LogP) is 4.86. The number of hydrogen-bond acceptors (Lipinski definition) is 4. The first kappa shape index (κ1) is 24.1. The zero-order chi connectivity index (χ0) is 23.3. The summed E-state index contributed by atoms with van der Waals surface area (Å²) >= 11 is 1.73. The largest absolute Gasteiger partial charge is 0.491 e. The summed E-state index contributed by atoms with van der Waals surface area (Å²) in [7, 11) is 0. The van der Waals surface area contributed by atoms with E-state index >= 15 is 0 Å². The molecule has 1 aliphatic rings. The van der Waals surface area contributed by atoms with Crippen molar-refractivity contribution >= 4 is 23.3 Å². The first-order valence-electron chi connectivity index (χ1n) is 11.3. The van der Waals surface area contributed by atoms with Gasteiger partial charge in [-0.05, 0) is 69.7 Å². The van der Waals surface area contributed by atoms with Crippen molar-refractivity contribution in [3.63, 3.8) is 0 Å². The molecule has 0 radical (unpaired) electrons. The predicted molar refractivity (Wildman–Crippen MR) is 129 cm³/mol. The molecule has 1 aromatic carbocycles. The summed E-state index contributed by atoms with van der Waals surface area (Å²) in [4.78, 5) is 31.3. The highest BCUT2D eigenvalue weighted by molar-refractivity contribution is 7.10. The topological polar surface area (TPSA) is 61.9 Å². The molecule has 32 heavy (non-hydrogen) atoms. The van der Waals surface area contributed by atoms with Crippen LogP contribution in [0.3, 0.4) is 0 Å². The van der Waals surface area contributed by atoms with Crippen LogP contribution in [0.25, 0.3) is 0 Å². The molecular formula is C25H35N3O3S. The van der Waals surface area contributed by atoms with E-state index < -0.39 is 0 Å². The molecule has 0 bridgehead atoms. The quantitative estimate of drug-likeness (QED) is 0.646. The van der Waals surface area contributed by atoms with Crippen molar-refractivity contribution in [1.82, 2.24) is 15.1 Å². The minimum absolute atomic E-state index is 0.0400. The molecule has 1 aromatic heterocycles. The second-order valence-electron chi connectivity index (χ2n) is 9.34. The summed E-state index contributed by atoms with van der Waals surface area (Å²) in [5.74, 6) is 0.737. The van der Waals surface area contributed by atoms with E-state index in [9.17, 15) is 9.59 Å². The van der Waals surface area contributed by atoms with E-state index in [-0.39, 0.29) is 36.1 Å². The molecule has 0 aliphatic carbocycles. The molecule has 0 fully saturated rings. The molecule has 0 saturated carbocycles. The fourth-order valence-electron chi connectivity index (χ4n) is 3.84. The number of benzene rings is 1. The summed E-state index contributed by atoms with van der Waals surface area (Å²) in [5.41, 5.74) is 0.786. The Morgan fingerprint density at radius 3 is 2.62 bits per heavy atom. The number of nitrogens with zero attached hydrogens (tertiary/aromatic N) is 2. The summed E-state index contributed by atoms with van der Waals surface area (Å²) in [6, 6.07) is 11.4. The Hall–Kier alpha value is -2.54. The van der Waals surface area contributed by atoms with Crippen molar-refractivity contribution in [2.45, 2.75) is 65.1 Å². The van der Waals surface area contributed by atoms with Gasteiger partial charge in [0.2, 0.25) is 5.91 Å². The van der Waals surface area contributed by atoms with Crippen LogP contribution in [0.5, 0.6) is 5.75 Å². The third-order valence-corrected chi connectivity index (χ3v) is 6.73. The van der Waals surface area contributed by atoms with Gasteiger partial charge in [-0.1, -0.05) is 25.1 Å². The number of carbonyl (C=O) groups excluding carboxylic acids is 2. The van der Waals surface area contributed by atoms with Crippen LogP contribution in [0.2, 0.25) is 0 Å². The lowest BCUT2D eigenvalue weighted by molar-refractivity contribution is -0.136. The van der Waals surface area contributed by atoms with Crippen molar-refractivity contribution in [2.24, 2.45) is 0 Å². The van der Waals surface area contributed by atoms with E-state index in [1.54, 1.807) is 16.2 Å². The first-order valence-corrected chi connectivity index (χ1v) is 12.2. The van der Waals surface area contributed by atoms with Gasteiger partial charge in [0.05, 0.1) is 6.04 Å². The third-order valence-electron chi connectivity index (χ3n) is 5.74. The monoisotopic (exact) mass is 457 g/mol. The molecule has 2 aromatic rings. The SMILES string of the molecule is CC[C@H](C)N(CC(=O)N1CCc2sccc2[C@@H]1COc1ccccc1)C(=O)NC(C)(C)C. The van der Waals surface area contributed by atoms with Crippen LogP contribution in [-0.4, -0.2) is 53.0 Å². The van der Waals surface area contributed by atoms with E-state index in [0.29, 0.717) is 13.2 Å². The number of fused-ring (bicyclic) bond motifs is 1. The lowest BCUT2D eigenvalue weighted by Gasteiger charge is -2.38. The Balaban J connectivity index is 1.78. The van der Waals surface area contributed by atoms with Crippen LogP contribution >= 0.6 is 11.3 Å². The minimum Gasteiger partial charge on any atom is -0.491 e. The number of hydrogen-bond donors (Lipinski definition) is 1.